The molecule has 0 bridgehead atoms. The lowest BCUT2D eigenvalue weighted by molar-refractivity contribution is -0.131. The van der Waals surface area contributed by atoms with Gasteiger partial charge in [-0.3, -0.25) is 14.2 Å². The summed E-state index contributed by atoms with van der Waals surface area (Å²) in [7, 11) is -15.7. The maximum atomic E-state index is 12.4. The van der Waals surface area contributed by atoms with Crippen molar-refractivity contribution in [2.75, 3.05) is 15.2 Å². The van der Waals surface area contributed by atoms with Gasteiger partial charge in [-0.1, -0.05) is 63.3 Å². The minimum atomic E-state index is -4.05. The Morgan fingerprint density at radius 3 is 1.75 bits per heavy atom. The molecule has 0 aliphatic rings. The molecule has 0 saturated carbocycles. The fraction of sp³-hybridized carbons (Fsp3) is 0.222. The number of hydrogen-bond donors (Lipinski definition) is 5. The number of rotatable bonds is 18. The third-order valence-electron chi connectivity index (χ3n) is 6.84. The van der Waals surface area contributed by atoms with E-state index in [0.717, 1.165) is 30.0 Å². The maximum absolute atomic E-state index is 12.4. The number of carbonyl (C=O) groups excluding carboxylic acids is 1. The Morgan fingerprint density at radius 2 is 1.23 bits per heavy atom. The average molecular weight is 880 g/mol. The van der Waals surface area contributed by atoms with Gasteiger partial charge in [-0.15, -0.1) is 0 Å². The van der Waals surface area contributed by atoms with Gasteiger partial charge in [-0.25, -0.2) is 38.5 Å². The van der Waals surface area contributed by atoms with Crippen molar-refractivity contribution < 1.29 is 48.4 Å². The Labute approximate surface area is 338 Å². The molecule has 0 radical (unpaired) electrons. The van der Waals surface area contributed by atoms with Crippen LogP contribution < -0.4 is 15.2 Å². The van der Waals surface area contributed by atoms with E-state index >= 15 is 0 Å². The zero-order valence-corrected chi connectivity index (χ0v) is 34.6. The molecule has 0 aliphatic heterocycles. The topological polar surface area (TPSA) is 289 Å². The van der Waals surface area contributed by atoms with Gasteiger partial charge in [0.2, 0.25) is 15.7 Å². The molecule has 3 rings (SSSR count). The second-order valence-corrected chi connectivity index (χ2v) is 18.5. The van der Waals surface area contributed by atoms with Gasteiger partial charge in [0.25, 0.3) is 20.0 Å². The number of sulfone groups is 2. The van der Waals surface area contributed by atoms with Gasteiger partial charge < -0.3 is 10.8 Å². The van der Waals surface area contributed by atoms with Crippen molar-refractivity contribution in [1.82, 2.24) is 0 Å². The smallest absolute Gasteiger partial charge is 0.329 e. The van der Waals surface area contributed by atoms with Crippen LogP contribution in [0.15, 0.2) is 116 Å². The molecule has 0 aliphatic carbocycles. The standard InChI is InChI=1S/C16H12N2O6S2.C12H11N3O5S2.C8H18S/c17-9-3-10-26(23,24)18-14-6-7-15(13-5-2-1-4-12(13)14)25(21,22)11-8-16(19)20;13-7-1-8-22(19,20)15-10-2-4-11(5-3-10)21(17,18)9-6-12(14)16;1-2-3-4-5-6-7-8-9/h1-8,10-11,18H,(H,19,20);1-6,8-9,15H,(H2,14,16);9H,2-8H2,1H3/b10-3+,11-8+;8-1+,9-6+;. The predicted molar refractivity (Wildman–Crippen MR) is 222 cm³/mol. The van der Waals surface area contributed by atoms with Crippen LogP contribution in [0, 0.1) is 22.7 Å². The highest BCUT2D eigenvalue weighted by Crippen LogP contribution is 2.31. The zero-order chi connectivity index (χ0) is 43.1. The number of sulfonamides is 2. The highest BCUT2D eigenvalue weighted by Gasteiger charge is 2.18. The van der Waals surface area contributed by atoms with E-state index < -0.39 is 51.6 Å². The highest BCUT2D eigenvalue weighted by molar-refractivity contribution is 7.96. The summed E-state index contributed by atoms with van der Waals surface area (Å²) in [4.78, 5) is 20.8. The molecule has 0 unspecified atom stereocenters. The first-order valence-electron chi connectivity index (χ1n) is 16.5. The molecule has 57 heavy (non-hydrogen) atoms. The third kappa shape index (κ3) is 19.3. The summed E-state index contributed by atoms with van der Waals surface area (Å²) in [6.45, 7) is 2.25. The van der Waals surface area contributed by atoms with Crippen molar-refractivity contribution >= 4 is 86.4 Å². The molecule has 3 aromatic carbocycles. The Bertz CT molecular complexity index is 2500. The summed E-state index contributed by atoms with van der Waals surface area (Å²) in [6.07, 6.45) is 11.1. The first-order valence-corrected chi connectivity index (χ1v) is 23.3. The summed E-state index contributed by atoms with van der Waals surface area (Å²) >= 11 is 4.15. The van der Waals surface area contributed by atoms with Crippen molar-refractivity contribution in [2.24, 2.45) is 5.73 Å². The van der Waals surface area contributed by atoms with Gasteiger partial charge in [0.1, 0.15) is 0 Å². The van der Waals surface area contributed by atoms with Crippen LogP contribution in [0.4, 0.5) is 11.4 Å². The molecule has 0 saturated heterocycles. The first kappa shape index (κ1) is 49.6. The number of unbranched alkanes of at least 4 members (excludes halogenated alkanes) is 5. The number of carboxylic acids is 1. The molecule has 5 N–H and O–H groups in total. The second-order valence-electron chi connectivity index (χ2n) is 11.3. The van der Waals surface area contributed by atoms with Gasteiger partial charge in [-0.2, -0.15) is 23.2 Å². The summed E-state index contributed by atoms with van der Waals surface area (Å²) in [6, 6.07) is 16.4. The van der Waals surface area contributed by atoms with Crippen LogP contribution in [0.3, 0.4) is 0 Å². The molecule has 3 aromatic rings. The monoisotopic (exact) mass is 879 g/mol. The van der Waals surface area contributed by atoms with Crippen LogP contribution in [0.1, 0.15) is 45.4 Å². The van der Waals surface area contributed by atoms with Crippen LogP contribution in [0.25, 0.3) is 10.8 Å². The lowest BCUT2D eigenvalue weighted by Crippen LogP contribution is -2.10. The fourth-order valence-electron chi connectivity index (χ4n) is 4.30. The molecule has 0 spiro atoms. The molecule has 306 valence electrons. The summed E-state index contributed by atoms with van der Waals surface area (Å²) < 4.78 is 99.5. The predicted octanol–water partition coefficient (Wildman–Crippen LogP) is 5.51. The number of benzene rings is 3. The normalized spacial score (nSPS) is 12.0. The van der Waals surface area contributed by atoms with Crippen LogP contribution in [0.5, 0.6) is 0 Å². The minimum absolute atomic E-state index is 0.112. The van der Waals surface area contributed by atoms with Crippen LogP contribution in [-0.4, -0.2) is 56.4 Å². The Balaban J connectivity index is 0.000000475. The molecule has 0 atom stereocenters. The van der Waals surface area contributed by atoms with Crippen LogP contribution in [0.2, 0.25) is 0 Å². The molecule has 21 heteroatoms. The molecular formula is C36H41N5O11S5. The number of aliphatic carboxylic acids is 1. The van der Waals surface area contributed by atoms with Crippen molar-refractivity contribution in [3.63, 3.8) is 0 Å². The number of allylic oxidation sites excluding steroid dienone is 2. The van der Waals surface area contributed by atoms with Crippen LogP contribution >= 0.6 is 12.6 Å². The number of fused-ring (bicyclic) bond motifs is 1. The van der Waals surface area contributed by atoms with Gasteiger partial charge in [-0.05, 0) is 48.6 Å². The Kier molecular flexibility index (Phi) is 21.1. The van der Waals surface area contributed by atoms with E-state index in [4.69, 9.17) is 21.4 Å². The SMILES string of the molecule is CCCCCCCCS.N#C/C=C/S(=O)(=O)Nc1ccc(S(=O)(=O)/C=C/C(=O)O)c2ccccc12.N#C/C=C/S(=O)(=O)Nc1ccc(S(=O)(=O)/C=C/C(N)=O)cc1. The number of nitriles is 2. The number of nitrogens with two attached hydrogens (primary N) is 1. The molecule has 0 aromatic heterocycles. The summed E-state index contributed by atoms with van der Waals surface area (Å²) in [5.41, 5.74) is 5.04. The molecule has 16 nitrogen and oxygen atoms in total. The fourth-order valence-corrected chi connectivity index (χ4v) is 8.25. The molecule has 0 heterocycles. The zero-order valence-electron chi connectivity index (χ0n) is 30.4. The minimum Gasteiger partial charge on any atom is -0.478 e. The molecule has 1 amide bonds. The van der Waals surface area contributed by atoms with E-state index in [1.807, 2.05) is 0 Å². The number of primary amides is 1. The van der Waals surface area contributed by atoms with E-state index in [-0.39, 0.29) is 26.6 Å². The molecule has 0 fully saturated rings. The third-order valence-corrected chi connectivity index (χ3v) is 12.1. The van der Waals surface area contributed by atoms with Crippen molar-refractivity contribution in [1.29, 1.82) is 10.5 Å². The van der Waals surface area contributed by atoms with E-state index in [0.29, 0.717) is 39.2 Å². The highest BCUT2D eigenvalue weighted by atomic mass is 32.2. The largest absolute Gasteiger partial charge is 0.478 e. The quantitative estimate of drug-likeness (QED) is 0.0457. The number of hydrogen-bond acceptors (Lipinski definition) is 13. The lowest BCUT2D eigenvalue weighted by atomic mass is 10.1. The van der Waals surface area contributed by atoms with Gasteiger partial charge in [0.15, 0.2) is 9.84 Å². The van der Waals surface area contributed by atoms with Crippen molar-refractivity contribution in [3.05, 3.63) is 107 Å². The number of nitrogens with one attached hydrogen (secondary N) is 2. The average Bonchev–Trinajstić information content (AvgIpc) is 3.15. The van der Waals surface area contributed by atoms with Gasteiger partial charge in [0, 0.05) is 51.6 Å². The Morgan fingerprint density at radius 1 is 0.702 bits per heavy atom. The first-order chi connectivity index (χ1) is 26.7. The van der Waals surface area contributed by atoms with Gasteiger partial charge in [0.05, 0.1) is 38.4 Å². The number of thiol groups is 1. The number of amides is 1. The Hall–Kier alpha value is -5.45. The van der Waals surface area contributed by atoms with Crippen molar-refractivity contribution in [2.45, 2.75) is 55.2 Å². The van der Waals surface area contributed by atoms with Crippen molar-refractivity contribution in [3.8, 4) is 12.1 Å². The van der Waals surface area contributed by atoms with Crippen LogP contribution in [-0.2, 0) is 49.3 Å². The maximum Gasteiger partial charge on any atom is 0.329 e. The number of carbonyl (C=O) groups is 2. The number of anilines is 2. The molecular weight excluding hydrogens is 839 g/mol. The lowest BCUT2D eigenvalue weighted by Gasteiger charge is -2.11. The van der Waals surface area contributed by atoms with E-state index in [1.165, 1.54) is 81.0 Å². The van der Waals surface area contributed by atoms with E-state index in [2.05, 4.69) is 29.0 Å². The van der Waals surface area contributed by atoms with E-state index in [9.17, 15) is 43.3 Å². The van der Waals surface area contributed by atoms with E-state index in [1.54, 1.807) is 18.2 Å². The second kappa shape index (κ2) is 24.2. The summed E-state index contributed by atoms with van der Waals surface area (Å²) in [5.74, 6) is -1.25. The number of nitrogens with zero attached hydrogens (tertiary/aromatic N) is 2. The summed E-state index contributed by atoms with van der Waals surface area (Å²) in [5, 5.41) is 28.4. The number of carboxylic acid groups (broad SMARTS) is 1. The van der Waals surface area contributed by atoms with Gasteiger partial charge >= 0.3 is 5.97 Å².